The Morgan fingerprint density at radius 1 is 1.47 bits per heavy atom. The summed E-state index contributed by atoms with van der Waals surface area (Å²) in [6.07, 6.45) is 1.83. The van der Waals surface area contributed by atoms with E-state index >= 15 is 0 Å². The first-order valence-electron chi connectivity index (χ1n) is 6.57. The van der Waals surface area contributed by atoms with Crippen LogP contribution in [0, 0.1) is 17.3 Å². The van der Waals surface area contributed by atoms with E-state index in [1.54, 1.807) is 0 Å². The fourth-order valence-electron chi connectivity index (χ4n) is 2.89. The van der Waals surface area contributed by atoms with Crippen molar-refractivity contribution in [3.63, 3.8) is 0 Å². The van der Waals surface area contributed by atoms with Crippen molar-refractivity contribution in [2.24, 2.45) is 17.3 Å². The van der Waals surface area contributed by atoms with Gasteiger partial charge >= 0.3 is 5.97 Å². The first kappa shape index (κ1) is 12.8. The normalized spacial score (nSPS) is 39.4. The Kier molecular flexibility index (Phi) is 3.73. The minimum atomic E-state index is -0.693. The fourth-order valence-corrected chi connectivity index (χ4v) is 2.89. The van der Waals surface area contributed by atoms with Crippen LogP contribution >= 0.6 is 0 Å². The Hall–Kier alpha value is -0.610. The van der Waals surface area contributed by atoms with Crippen LogP contribution in [0.5, 0.6) is 0 Å². The lowest BCUT2D eigenvalue weighted by atomic mass is 9.83. The van der Waals surface area contributed by atoms with Crippen molar-refractivity contribution in [3.8, 4) is 0 Å². The Bertz CT molecular complexity index is 286. The number of aliphatic carboxylic acids is 1. The number of piperidine rings is 1. The lowest BCUT2D eigenvalue weighted by Crippen LogP contribution is -2.48. The highest BCUT2D eigenvalue weighted by atomic mass is 16.5. The third-order valence-electron chi connectivity index (χ3n) is 4.50. The number of ether oxygens (including phenoxy) is 1. The van der Waals surface area contributed by atoms with Gasteiger partial charge < -0.3 is 14.7 Å². The van der Waals surface area contributed by atoms with Crippen LogP contribution in [0.25, 0.3) is 0 Å². The van der Waals surface area contributed by atoms with Gasteiger partial charge in [-0.1, -0.05) is 13.8 Å². The summed E-state index contributed by atoms with van der Waals surface area (Å²) in [5.74, 6) is 0.727. The zero-order valence-electron chi connectivity index (χ0n) is 10.8. The van der Waals surface area contributed by atoms with Crippen LogP contribution in [0.4, 0.5) is 0 Å². The second-order valence-electron chi connectivity index (χ2n) is 5.87. The van der Waals surface area contributed by atoms with Crippen molar-refractivity contribution in [3.05, 3.63) is 0 Å². The lowest BCUT2D eigenvalue weighted by molar-refractivity contribution is -0.150. The van der Waals surface area contributed by atoms with E-state index in [-0.39, 0.29) is 0 Å². The molecule has 0 aromatic carbocycles. The van der Waals surface area contributed by atoms with Gasteiger partial charge in [0.2, 0.25) is 0 Å². The van der Waals surface area contributed by atoms with E-state index in [9.17, 15) is 9.90 Å². The van der Waals surface area contributed by atoms with Crippen LogP contribution < -0.4 is 0 Å². The van der Waals surface area contributed by atoms with Crippen LogP contribution in [-0.4, -0.2) is 48.8 Å². The van der Waals surface area contributed by atoms with Crippen molar-refractivity contribution >= 4 is 5.97 Å². The quantitative estimate of drug-likeness (QED) is 0.812. The predicted molar refractivity (Wildman–Crippen MR) is 64.9 cm³/mol. The maximum atomic E-state index is 11.4. The monoisotopic (exact) mass is 241 g/mol. The first-order valence-corrected chi connectivity index (χ1v) is 6.57. The molecule has 0 aromatic rings. The SMILES string of the molecule is CC1CCN(CC2(C(=O)O)CCOC2)CC1C. The van der Waals surface area contributed by atoms with E-state index in [0.29, 0.717) is 32.1 Å². The molecule has 0 aromatic heterocycles. The van der Waals surface area contributed by atoms with Crippen LogP contribution in [0.2, 0.25) is 0 Å². The first-order chi connectivity index (χ1) is 8.03. The molecular weight excluding hydrogens is 218 g/mol. The van der Waals surface area contributed by atoms with Gasteiger partial charge in [-0.2, -0.15) is 0 Å². The second kappa shape index (κ2) is 4.94. The van der Waals surface area contributed by atoms with E-state index in [2.05, 4.69) is 18.7 Å². The van der Waals surface area contributed by atoms with Crippen molar-refractivity contribution in [2.75, 3.05) is 32.8 Å². The predicted octanol–water partition coefficient (Wildman–Crippen LogP) is 1.46. The van der Waals surface area contributed by atoms with Gasteiger partial charge in [0.15, 0.2) is 0 Å². The summed E-state index contributed by atoms with van der Waals surface area (Å²) >= 11 is 0. The summed E-state index contributed by atoms with van der Waals surface area (Å²) in [5, 5.41) is 9.41. The van der Waals surface area contributed by atoms with Gasteiger partial charge in [0.1, 0.15) is 5.41 Å². The number of carbonyl (C=O) groups is 1. The highest BCUT2D eigenvalue weighted by Gasteiger charge is 2.44. The Morgan fingerprint density at radius 2 is 2.24 bits per heavy atom. The van der Waals surface area contributed by atoms with Gasteiger partial charge in [-0.05, 0) is 31.2 Å². The van der Waals surface area contributed by atoms with Crippen LogP contribution in [-0.2, 0) is 9.53 Å². The fraction of sp³-hybridized carbons (Fsp3) is 0.923. The molecule has 0 bridgehead atoms. The molecule has 4 nitrogen and oxygen atoms in total. The summed E-state index contributed by atoms with van der Waals surface area (Å²) in [7, 11) is 0. The van der Waals surface area contributed by atoms with Gasteiger partial charge in [-0.15, -0.1) is 0 Å². The van der Waals surface area contributed by atoms with Crippen molar-refractivity contribution in [1.29, 1.82) is 0 Å². The molecule has 1 N–H and O–H groups in total. The van der Waals surface area contributed by atoms with Crippen LogP contribution in [0.15, 0.2) is 0 Å². The standard InChI is InChI=1S/C13H23NO3/c1-10-3-5-14(7-11(10)2)8-13(12(15)16)4-6-17-9-13/h10-11H,3-9H2,1-2H3,(H,15,16). The van der Waals surface area contributed by atoms with Crippen LogP contribution in [0.3, 0.4) is 0 Å². The molecule has 0 amide bonds. The molecule has 0 saturated carbocycles. The maximum Gasteiger partial charge on any atom is 0.313 e. The molecule has 2 saturated heterocycles. The molecule has 2 rings (SSSR count). The van der Waals surface area contributed by atoms with Gasteiger partial charge in [0, 0.05) is 19.7 Å². The summed E-state index contributed by atoms with van der Waals surface area (Å²) in [4.78, 5) is 13.7. The molecule has 2 heterocycles. The third-order valence-corrected chi connectivity index (χ3v) is 4.50. The van der Waals surface area contributed by atoms with Crippen molar-refractivity contribution in [2.45, 2.75) is 26.7 Å². The Balaban J connectivity index is 1.97. The average Bonchev–Trinajstić information content (AvgIpc) is 2.73. The number of nitrogens with zero attached hydrogens (tertiary/aromatic N) is 1. The molecule has 3 atom stereocenters. The lowest BCUT2D eigenvalue weighted by Gasteiger charge is -2.38. The maximum absolute atomic E-state index is 11.4. The van der Waals surface area contributed by atoms with Gasteiger partial charge in [0.05, 0.1) is 6.61 Å². The molecule has 0 radical (unpaired) electrons. The number of rotatable bonds is 3. The van der Waals surface area contributed by atoms with Gasteiger partial charge in [0.25, 0.3) is 0 Å². The molecule has 17 heavy (non-hydrogen) atoms. The molecular formula is C13H23NO3. The average molecular weight is 241 g/mol. The number of carboxylic acids is 1. The van der Waals surface area contributed by atoms with E-state index < -0.39 is 11.4 Å². The molecule has 3 unspecified atom stereocenters. The van der Waals surface area contributed by atoms with Crippen molar-refractivity contribution < 1.29 is 14.6 Å². The zero-order chi connectivity index (χ0) is 12.5. The third kappa shape index (κ3) is 2.63. The van der Waals surface area contributed by atoms with Gasteiger partial charge in [-0.3, -0.25) is 4.79 Å². The molecule has 98 valence electrons. The summed E-state index contributed by atoms with van der Waals surface area (Å²) in [6, 6.07) is 0. The highest BCUT2D eigenvalue weighted by molar-refractivity contribution is 5.75. The van der Waals surface area contributed by atoms with Crippen LogP contribution in [0.1, 0.15) is 26.7 Å². The van der Waals surface area contributed by atoms with E-state index in [1.165, 1.54) is 6.42 Å². The molecule has 0 spiro atoms. The summed E-state index contributed by atoms with van der Waals surface area (Å²) < 4.78 is 5.30. The number of likely N-dealkylation sites (tertiary alicyclic amines) is 1. The topological polar surface area (TPSA) is 49.8 Å². The number of hydrogen-bond acceptors (Lipinski definition) is 3. The van der Waals surface area contributed by atoms with Crippen molar-refractivity contribution in [1.82, 2.24) is 4.90 Å². The Morgan fingerprint density at radius 3 is 2.76 bits per heavy atom. The largest absolute Gasteiger partial charge is 0.481 e. The molecule has 2 fully saturated rings. The van der Waals surface area contributed by atoms with Gasteiger partial charge in [-0.25, -0.2) is 0 Å². The minimum Gasteiger partial charge on any atom is -0.481 e. The molecule has 2 aliphatic heterocycles. The van der Waals surface area contributed by atoms with E-state index in [0.717, 1.165) is 19.0 Å². The molecule has 0 aliphatic carbocycles. The molecule has 4 heteroatoms. The second-order valence-corrected chi connectivity index (χ2v) is 5.87. The van der Waals surface area contributed by atoms with E-state index in [4.69, 9.17) is 4.74 Å². The van der Waals surface area contributed by atoms with E-state index in [1.807, 2.05) is 0 Å². The highest BCUT2D eigenvalue weighted by Crippen LogP contribution is 2.32. The number of carboxylic acid groups (broad SMARTS) is 1. The Labute approximate surface area is 103 Å². The number of hydrogen-bond donors (Lipinski definition) is 1. The summed E-state index contributed by atoms with van der Waals surface area (Å²) in [6.45, 7) is 8.22. The zero-order valence-corrected chi connectivity index (χ0v) is 10.8. The molecule has 2 aliphatic rings. The minimum absolute atomic E-state index is 0.378. The smallest absolute Gasteiger partial charge is 0.313 e. The summed E-state index contributed by atoms with van der Waals surface area (Å²) in [5.41, 5.74) is -0.652.